The maximum Gasteiger partial charge on any atom is 0.179 e. The van der Waals surface area contributed by atoms with E-state index in [0.717, 1.165) is 5.56 Å². The van der Waals surface area contributed by atoms with Gasteiger partial charge >= 0.3 is 0 Å². The fourth-order valence-corrected chi connectivity index (χ4v) is 4.83. The highest BCUT2D eigenvalue weighted by Gasteiger charge is 2.33. The van der Waals surface area contributed by atoms with E-state index in [9.17, 15) is 8.42 Å². The number of sulfone groups is 1. The molecule has 3 rings (SSSR count). The first kappa shape index (κ1) is 14.0. The van der Waals surface area contributed by atoms with Crippen LogP contribution >= 0.6 is 11.6 Å². The highest BCUT2D eigenvalue weighted by atomic mass is 35.5. The zero-order chi connectivity index (χ0) is 14.3. The van der Waals surface area contributed by atoms with E-state index >= 15 is 0 Å². The molecule has 1 fully saturated rings. The summed E-state index contributed by atoms with van der Waals surface area (Å²) in [4.78, 5) is 0. The Balaban J connectivity index is 1.89. The van der Waals surface area contributed by atoms with Crippen molar-refractivity contribution >= 4 is 21.4 Å². The largest absolute Gasteiger partial charge is 0.486 e. The molecule has 0 aliphatic carbocycles. The molecule has 1 aromatic rings. The summed E-state index contributed by atoms with van der Waals surface area (Å²) in [7, 11) is -2.94. The third kappa shape index (κ3) is 2.60. The second kappa shape index (κ2) is 5.09. The summed E-state index contributed by atoms with van der Waals surface area (Å²) in [5.74, 6) is 1.39. The van der Waals surface area contributed by atoms with Crippen LogP contribution in [-0.4, -0.2) is 33.1 Å². The fraction of sp³-hybridized carbons (Fsp3) is 0.538. The van der Waals surface area contributed by atoms with Gasteiger partial charge in [0, 0.05) is 6.04 Å². The summed E-state index contributed by atoms with van der Waals surface area (Å²) >= 11 is 6.18. The lowest BCUT2D eigenvalue weighted by Crippen LogP contribution is -2.23. The molecule has 2 aliphatic rings. The van der Waals surface area contributed by atoms with E-state index < -0.39 is 9.84 Å². The molecule has 0 amide bonds. The van der Waals surface area contributed by atoms with Gasteiger partial charge in [0.1, 0.15) is 13.2 Å². The topological polar surface area (TPSA) is 78.6 Å². The fourth-order valence-electron chi connectivity index (χ4n) is 2.70. The van der Waals surface area contributed by atoms with Crippen molar-refractivity contribution in [2.45, 2.75) is 12.5 Å². The van der Waals surface area contributed by atoms with Gasteiger partial charge in [0.15, 0.2) is 21.3 Å². The lowest BCUT2D eigenvalue weighted by atomic mass is 9.93. The normalized spacial score (nSPS) is 25.4. The first-order chi connectivity index (χ1) is 9.46. The van der Waals surface area contributed by atoms with Crippen LogP contribution in [0.2, 0.25) is 5.02 Å². The SMILES string of the molecule is NC(c1cc(Cl)c2c(c1)OCCO2)C1CCS(=O)(=O)C1. The second-order valence-electron chi connectivity index (χ2n) is 5.22. The molecule has 2 heterocycles. The quantitative estimate of drug-likeness (QED) is 0.895. The first-order valence-electron chi connectivity index (χ1n) is 6.51. The number of hydrogen-bond acceptors (Lipinski definition) is 5. The van der Waals surface area contributed by atoms with Crippen molar-refractivity contribution in [2.75, 3.05) is 24.7 Å². The van der Waals surface area contributed by atoms with E-state index in [2.05, 4.69) is 0 Å². The number of nitrogens with two attached hydrogens (primary N) is 1. The van der Waals surface area contributed by atoms with Crippen molar-refractivity contribution < 1.29 is 17.9 Å². The van der Waals surface area contributed by atoms with Crippen LogP contribution in [0.4, 0.5) is 0 Å². The Morgan fingerprint density at radius 2 is 2.05 bits per heavy atom. The standard InChI is InChI=1S/C13H16ClNO4S/c14-10-5-9(6-11-13(10)19-3-2-18-11)12(15)8-1-4-20(16,17)7-8/h5-6,8,12H,1-4,7,15H2. The Bertz CT molecular complexity index is 632. The highest BCUT2D eigenvalue weighted by molar-refractivity contribution is 7.91. The molecule has 0 bridgehead atoms. The van der Waals surface area contributed by atoms with E-state index in [0.29, 0.717) is 36.2 Å². The summed E-state index contributed by atoms with van der Waals surface area (Å²) in [6.07, 6.45) is 0.593. The minimum absolute atomic E-state index is 0.0707. The maximum absolute atomic E-state index is 11.6. The first-order valence-corrected chi connectivity index (χ1v) is 8.71. The third-order valence-corrected chi connectivity index (χ3v) is 5.85. The van der Waals surface area contributed by atoms with Crippen molar-refractivity contribution in [2.24, 2.45) is 11.7 Å². The van der Waals surface area contributed by atoms with Crippen LogP contribution in [0.1, 0.15) is 18.0 Å². The van der Waals surface area contributed by atoms with Crippen LogP contribution in [0.5, 0.6) is 11.5 Å². The molecule has 110 valence electrons. The summed E-state index contributed by atoms with van der Waals surface area (Å²) in [6.45, 7) is 0.943. The van der Waals surface area contributed by atoms with Gasteiger partial charge in [-0.1, -0.05) is 11.6 Å². The van der Waals surface area contributed by atoms with Gasteiger partial charge in [-0.05, 0) is 30.0 Å². The second-order valence-corrected chi connectivity index (χ2v) is 7.85. The minimum Gasteiger partial charge on any atom is -0.486 e. The van der Waals surface area contributed by atoms with Crippen molar-refractivity contribution in [3.8, 4) is 11.5 Å². The number of ether oxygens (including phenoxy) is 2. The Kier molecular flexibility index (Phi) is 3.56. The molecule has 2 N–H and O–H groups in total. The number of halogens is 1. The Labute approximate surface area is 122 Å². The summed E-state index contributed by atoms with van der Waals surface area (Å²) < 4.78 is 34.1. The van der Waals surface area contributed by atoms with E-state index in [1.165, 1.54) is 0 Å². The minimum atomic E-state index is -2.94. The Morgan fingerprint density at radius 1 is 1.30 bits per heavy atom. The Hall–Kier alpha value is -0.980. The Morgan fingerprint density at radius 3 is 2.75 bits per heavy atom. The highest BCUT2D eigenvalue weighted by Crippen LogP contribution is 2.41. The van der Waals surface area contributed by atoms with Crippen LogP contribution in [0.3, 0.4) is 0 Å². The van der Waals surface area contributed by atoms with Crippen LogP contribution in [0.25, 0.3) is 0 Å². The molecule has 1 aromatic carbocycles. The van der Waals surface area contributed by atoms with Gasteiger partial charge in [0.25, 0.3) is 0 Å². The zero-order valence-corrected chi connectivity index (χ0v) is 12.4. The van der Waals surface area contributed by atoms with Gasteiger partial charge in [-0.2, -0.15) is 0 Å². The van der Waals surface area contributed by atoms with Crippen molar-refractivity contribution in [1.29, 1.82) is 0 Å². The predicted octanol–water partition coefficient (Wildman–Crippen LogP) is 1.55. The average Bonchev–Trinajstić information content (AvgIpc) is 2.78. The molecular formula is C13H16ClNO4S. The van der Waals surface area contributed by atoms with E-state index in [4.69, 9.17) is 26.8 Å². The molecular weight excluding hydrogens is 302 g/mol. The third-order valence-electron chi connectivity index (χ3n) is 3.78. The molecule has 0 saturated carbocycles. The van der Waals surface area contributed by atoms with Crippen LogP contribution < -0.4 is 15.2 Å². The van der Waals surface area contributed by atoms with Gasteiger partial charge in [-0.25, -0.2) is 8.42 Å². The average molecular weight is 318 g/mol. The maximum atomic E-state index is 11.6. The molecule has 0 aromatic heterocycles. The molecule has 5 nitrogen and oxygen atoms in total. The van der Waals surface area contributed by atoms with E-state index in [1.54, 1.807) is 12.1 Å². The molecule has 1 saturated heterocycles. The van der Waals surface area contributed by atoms with Crippen LogP contribution in [0.15, 0.2) is 12.1 Å². The smallest absolute Gasteiger partial charge is 0.179 e. The number of benzene rings is 1. The predicted molar refractivity (Wildman–Crippen MR) is 76.1 cm³/mol. The number of hydrogen-bond donors (Lipinski definition) is 1. The molecule has 20 heavy (non-hydrogen) atoms. The van der Waals surface area contributed by atoms with Crippen LogP contribution in [-0.2, 0) is 9.84 Å². The summed E-state index contributed by atoms with van der Waals surface area (Å²) in [5, 5.41) is 0.452. The number of rotatable bonds is 2. The van der Waals surface area contributed by atoms with E-state index in [-0.39, 0.29) is 23.5 Å². The van der Waals surface area contributed by atoms with Gasteiger partial charge in [0.2, 0.25) is 0 Å². The molecule has 7 heteroatoms. The van der Waals surface area contributed by atoms with Gasteiger partial charge in [-0.15, -0.1) is 0 Å². The lowest BCUT2D eigenvalue weighted by molar-refractivity contribution is 0.171. The van der Waals surface area contributed by atoms with Crippen molar-refractivity contribution in [1.82, 2.24) is 0 Å². The summed E-state index contributed by atoms with van der Waals surface area (Å²) in [5.41, 5.74) is 7.00. The summed E-state index contributed by atoms with van der Waals surface area (Å²) in [6, 6.07) is 3.18. The van der Waals surface area contributed by atoms with Crippen molar-refractivity contribution in [3.63, 3.8) is 0 Å². The van der Waals surface area contributed by atoms with Crippen LogP contribution in [0, 0.1) is 5.92 Å². The molecule has 0 radical (unpaired) electrons. The van der Waals surface area contributed by atoms with Gasteiger partial charge < -0.3 is 15.2 Å². The van der Waals surface area contributed by atoms with E-state index in [1.807, 2.05) is 0 Å². The monoisotopic (exact) mass is 317 g/mol. The lowest BCUT2D eigenvalue weighted by Gasteiger charge is -2.23. The molecule has 2 aliphatic heterocycles. The molecule has 2 unspecified atom stereocenters. The molecule has 0 spiro atoms. The molecule has 2 atom stereocenters. The van der Waals surface area contributed by atoms with Crippen molar-refractivity contribution in [3.05, 3.63) is 22.7 Å². The zero-order valence-electron chi connectivity index (χ0n) is 10.8. The van der Waals surface area contributed by atoms with Gasteiger partial charge in [-0.3, -0.25) is 0 Å². The number of fused-ring (bicyclic) bond motifs is 1. The van der Waals surface area contributed by atoms with Gasteiger partial charge in [0.05, 0.1) is 16.5 Å².